The van der Waals surface area contributed by atoms with Crippen molar-refractivity contribution in [2.24, 2.45) is 35.5 Å². The van der Waals surface area contributed by atoms with Gasteiger partial charge in [-0.05, 0) is 113 Å². The first-order valence-corrected chi connectivity index (χ1v) is 23.6. The summed E-state index contributed by atoms with van der Waals surface area (Å²) in [6.07, 6.45) is 21.1. The van der Waals surface area contributed by atoms with Gasteiger partial charge in [0.15, 0.2) is 0 Å². The van der Waals surface area contributed by atoms with Crippen LogP contribution >= 0.6 is 0 Å². The van der Waals surface area contributed by atoms with E-state index in [-0.39, 0.29) is 56.6 Å². The molecule has 0 aromatic carbocycles. The number of carboxylic acids is 6. The molecule has 0 aliphatic rings. The van der Waals surface area contributed by atoms with Gasteiger partial charge in [-0.3, -0.25) is 0 Å². The molecule has 0 aliphatic carbocycles. The van der Waals surface area contributed by atoms with Crippen LogP contribution in [0.4, 0.5) is 0 Å². The quantitative estimate of drug-likeness (QED) is 0.0787. The van der Waals surface area contributed by atoms with E-state index < -0.39 is 35.8 Å². The Morgan fingerprint density at radius 2 is 0.361 bits per heavy atom. The summed E-state index contributed by atoms with van der Waals surface area (Å²) >= 11 is 0. The zero-order valence-electron chi connectivity index (χ0n) is 40.7. The summed E-state index contributed by atoms with van der Waals surface area (Å²) in [7, 11) is 0. The van der Waals surface area contributed by atoms with Crippen LogP contribution in [-0.4, -0.2) is 35.8 Å². The fourth-order valence-corrected chi connectivity index (χ4v) is 5.63. The smallest absolute Gasteiger partial charge is 0.550 e. The average Bonchev–Trinajstić information content (AvgIpc) is 3.20. The first-order valence-electron chi connectivity index (χ1n) is 23.6. The molecular formula is C48H90MoO12. The Kier molecular flexibility index (Phi) is 66.4. The number of hydrogen-bond acceptors (Lipinski definition) is 12. The Balaban J connectivity index is -0.000000114. The van der Waals surface area contributed by atoms with Crippen molar-refractivity contribution in [1.82, 2.24) is 0 Å². The summed E-state index contributed by atoms with van der Waals surface area (Å²) in [5.41, 5.74) is 0. The van der Waals surface area contributed by atoms with E-state index in [1.807, 2.05) is 41.5 Å². The average molecular weight is 955 g/mol. The maximum absolute atomic E-state index is 10.3. The van der Waals surface area contributed by atoms with Crippen LogP contribution in [0.15, 0.2) is 0 Å². The van der Waals surface area contributed by atoms with Crippen molar-refractivity contribution in [2.75, 3.05) is 0 Å². The minimum Gasteiger partial charge on any atom is -0.550 e. The molecule has 0 N–H and O–H groups in total. The number of aliphatic carboxylic acids is 6. The Morgan fingerprint density at radius 1 is 0.262 bits per heavy atom. The third kappa shape index (κ3) is 53.6. The molecule has 0 radical (unpaired) electrons. The molecule has 0 amide bonds. The molecule has 0 heterocycles. The van der Waals surface area contributed by atoms with Gasteiger partial charge in [0.25, 0.3) is 0 Å². The van der Waals surface area contributed by atoms with Gasteiger partial charge in [-0.15, -0.1) is 0 Å². The van der Waals surface area contributed by atoms with E-state index in [1.165, 1.54) is 0 Å². The number of carboxylic acid groups (broad SMARTS) is 6. The fourth-order valence-electron chi connectivity index (χ4n) is 5.63. The van der Waals surface area contributed by atoms with Gasteiger partial charge in [-0.2, -0.15) is 0 Å². The Morgan fingerprint density at radius 3 is 0.410 bits per heavy atom. The molecule has 0 aromatic rings. The maximum Gasteiger partial charge on any atom is 6.00 e. The van der Waals surface area contributed by atoms with E-state index in [0.717, 1.165) is 116 Å². The third-order valence-electron chi connectivity index (χ3n) is 10.4. The zero-order chi connectivity index (χ0) is 47.9. The van der Waals surface area contributed by atoms with E-state index in [0.29, 0.717) is 38.5 Å². The minimum atomic E-state index is -0.893. The monoisotopic (exact) mass is 957 g/mol. The molecule has 360 valence electrons. The molecule has 0 saturated heterocycles. The summed E-state index contributed by atoms with van der Waals surface area (Å²) in [6, 6.07) is 0. The second kappa shape index (κ2) is 55.5. The molecule has 0 saturated carbocycles. The van der Waals surface area contributed by atoms with Crippen molar-refractivity contribution in [2.45, 2.75) is 237 Å². The topological polar surface area (TPSA) is 241 Å². The molecule has 0 spiro atoms. The van der Waals surface area contributed by atoms with E-state index >= 15 is 0 Å². The SMILES string of the molecule is CCCCC(CC)C(=O)[O-].CCCCC(CC)C(=O)[O-].CCCCC(CC)C(=O)[O-].CCCCC(CC)C(=O)[O-].CCCCC(CC)C(=O)[O-].CCCCC(CC)C(=O)[O-].[Mo+6]. The van der Waals surface area contributed by atoms with Gasteiger partial charge in [0.2, 0.25) is 0 Å². The zero-order valence-corrected chi connectivity index (χ0v) is 42.7. The van der Waals surface area contributed by atoms with Gasteiger partial charge in [-0.25, -0.2) is 0 Å². The van der Waals surface area contributed by atoms with Crippen LogP contribution in [0.3, 0.4) is 0 Å². The van der Waals surface area contributed by atoms with Crippen molar-refractivity contribution < 1.29 is 80.5 Å². The molecule has 6 unspecified atom stereocenters. The van der Waals surface area contributed by atoms with Gasteiger partial charge in [0.1, 0.15) is 0 Å². The number of rotatable bonds is 30. The van der Waals surface area contributed by atoms with E-state index in [9.17, 15) is 59.4 Å². The molecule has 61 heavy (non-hydrogen) atoms. The third-order valence-corrected chi connectivity index (χ3v) is 10.4. The van der Waals surface area contributed by atoms with Gasteiger partial charge in [-0.1, -0.05) is 160 Å². The number of carbonyl (C=O) groups is 6. The molecule has 0 aromatic heterocycles. The number of hydrogen-bond donors (Lipinski definition) is 0. The summed E-state index contributed by atoms with van der Waals surface area (Å²) in [5.74, 6) is -6.69. The first kappa shape index (κ1) is 72.9. The summed E-state index contributed by atoms with van der Waals surface area (Å²) in [6.45, 7) is 23.7. The van der Waals surface area contributed by atoms with Crippen LogP contribution in [0.25, 0.3) is 0 Å². The normalized spacial score (nSPS) is 12.8. The maximum atomic E-state index is 10.3. The van der Waals surface area contributed by atoms with Crippen molar-refractivity contribution >= 4 is 35.8 Å². The molecule has 6 atom stereocenters. The second-order valence-electron chi connectivity index (χ2n) is 15.4. The van der Waals surface area contributed by atoms with Gasteiger partial charge >= 0.3 is 21.1 Å². The minimum absolute atomic E-state index is 0. The first-order chi connectivity index (χ1) is 28.3. The number of carbonyl (C=O) groups excluding carboxylic acids is 6. The Labute approximate surface area is 387 Å². The van der Waals surface area contributed by atoms with Crippen LogP contribution < -0.4 is 30.6 Å². The van der Waals surface area contributed by atoms with Crippen molar-refractivity contribution in [1.29, 1.82) is 0 Å². The largest absolute Gasteiger partial charge is 6.00 e. The van der Waals surface area contributed by atoms with E-state index in [2.05, 4.69) is 41.5 Å². The van der Waals surface area contributed by atoms with Gasteiger partial charge < -0.3 is 59.4 Å². The predicted molar refractivity (Wildman–Crippen MR) is 230 cm³/mol. The Hall–Kier alpha value is -2.49. The Bertz CT molecular complexity index is 806. The molecule has 0 rings (SSSR count). The number of unbranched alkanes of at least 4 members (excludes halogenated alkanes) is 6. The molecule has 0 aliphatic heterocycles. The summed E-state index contributed by atoms with van der Waals surface area (Å²) in [4.78, 5) is 62.0. The second-order valence-corrected chi connectivity index (χ2v) is 15.4. The fraction of sp³-hybridized carbons (Fsp3) is 0.875. The molecule has 12 nitrogen and oxygen atoms in total. The van der Waals surface area contributed by atoms with E-state index in [4.69, 9.17) is 0 Å². The standard InChI is InChI=1S/6C8H16O2.Mo/c6*1-3-5-6-7(4-2)8(9)10;/h6*7H,3-6H2,1-2H3,(H,9,10);/q;;;;;;+6/p-6. The molecule has 13 heteroatoms. The molecule has 0 bridgehead atoms. The van der Waals surface area contributed by atoms with Crippen molar-refractivity contribution in [3.8, 4) is 0 Å². The van der Waals surface area contributed by atoms with Gasteiger partial charge in [0.05, 0.1) is 0 Å². The van der Waals surface area contributed by atoms with Crippen LogP contribution in [-0.2, 0) is 49.8 Å². The molecular weight excluding hydrogens is 864 g/mol. The predicted octanol–water partition coefficient (Wildman–Crippen LogP) is 5.71. The summed E-state index contributed by atoms with van der Waals surface area (Å²) in [5, 5.41) is 62.0. The summed E-state index contributed by atoms with van der Waals surface area (Å²) < 4.78 is 0. The van der Waals surface area contributed by atoms with Crippen LogP contribution in [0, 0.1) is 35.5 Å². The van der Waals surface area contributed by atoms with E-state index in [1.54, 1.807) is 0 Å². The van der Waals surface area contributed by atoms with Crippen LogP contribution in [0.5, 0.6) is 0 Å². The van der Waals surface area contributed by atoms with Crippen LogP contribution in [0.2, 0.25) is 0 Å². The van der Waals surface area contributed by atoms with Gasteiger partial charge in [0, 0.05) is 35.8 Å². The molecule has 0 fully saturated rings. The van der Waals surface area contributed by atoms with Crippen molar-refractivity contribution in [3.05, 3.63) is 0 Å². The van der Waals surface area contributed by atoms with Crippen molar-refractivity contribution in [3.63, 3.8) is 0 Å². The van der Waals surface area contributed by atoms with Crippen LogP contribution in [0.1, 0.15) is 237 Å².